The highest BCUT2D eigenvalue weighted by atomic mass is 14.9. The summed E-state index contributed by atoms with van der Waals surface area (Å²) in [4.78, 5) is 4.26. The van der Waals surface area contributed by atoms with Gasteiger partial charge in [0.2, 0.25) is 0 Å². The van der Waals surface area contributed by atoms with E-state index in [2.05, 4.69) is 4.98 Å². The van der Waals surface area contributed by atoms with Gasteiger partial charge < -0.3 is 11.5 Å². The predicted molar refractivity (Wildman–Crippen MR) is 89.2 cm³/mol. The Balaban J connectivity index is 2.31. The largest absolute Gasteiger partial charge is 0.382 e. The molecule has 1 aromatic heterocycles. The topological polar surface area (TPSA) is 113 Å². The minimum atomic E-state index is -0.147. The van der Waals surface area contributed by atoms with E-state index >= 15 is 0 Å². The third kappa shape index (κ3) is 2.29. The number of nitrogens with zero attached hydrogens (tertiary/aromatic N) is 1. The molecule has 0 amide bonds. The van der Waals surface area contributed by atoms with E-state index in [4.69, 9.17) is 22.3 Å². The van der Waals surface area contributed by atoms with Gasteiger partial charge >= 0.3 is 0 Å². The van der Waals surface area contributed by atoms with E-state index in [1.165, 1.54) is 0 Å². The highest BCUT2D eigenvalue weighted by Gasteiger charge is 2.13. The lowest BCUT2D eigenvalue weighted by atomic mass is 9.96. The lowest BCUT2D eigenvalue weighted by Crippen LogP contribution is -2.19. The van der Waals surface area contributed by atoms with E-state index in [0.29, 0.717) is 11.4 Å². The van der Waals surface area contributed by atoms with Crippen LogP contribution in [0.15, 0.2) is 54.6 Å². The highest BCUT2D eigenvalue weighted by Crippen LogP contribution is 2.30. The second-order valence-corrected chi connectivity index (χ2v) is 4.95. The molecule has 22 heavy (non-hydrogen) atoms. The second kappa shape index (κ2) is 5.29. The van der Waals surface area contributed by atoms with Crippen molar-refractivity contribution < 1.29 is 0 Å². The maximum atomic E-state index is 7.78. The van der Waals surface area contributed by atoms with Crippen LogP contribution in [0, 0.1) is 10.8 Å². The Hall–Kier alpha value is -3.21. The number of nitrogens with two attached hydrogens (primary N) is 2. The van der Waals surface area contributed by atoms with Gasteiger partial charge in [-0.1, -0.05) is 42.5 Å². The van der Waals surface area contributed by atoms with Gasteiger partial charge in [0.1, 0.15) is 23.1 Å². The minimum Gasteiger partial charge on any atom is -0.382 e. The molecule has 0 radical (unpaired) electrons. The molecule has 0 aliphatic carbocycles. The predicted octanol–water partition coefficient (Wildman–Crippen LogP) is 2.47. The maximum Gasteiger partial charge on any atom is 0.142 e. The maximum absolute atomic E-state index is 7.78. The van der Waals surface area contributed by atoms with E-state index in [-0.39, 0.29) is 11.7 Å². The highest BCUT2D eigenvalue weighted by molar-refractivity contribution is 6.06. The van der Waals surface area contributed by atoms with Gasteiger partial charge in [-0.05, 0) is 28.5 Å². The van der Waals surface area contributed by atoms with Gasteiger partial charge in [-0.3, -0.25) is 10.8 Å². The molecule has 0 spiro atoms. The van der Waals surface area contributed by atoms with E-state index < -0.39 is 0 Å². The Kier molecular flexibility index (Phi) is 3.31. The average molecular weight is 289 g/mol. The summed E-state index contributed by atoms with van der Waals surface area (Å²) < 4.78 is 0. The molecule has 3 aromatic rings. The van der Waals surface area contributed by atoms with Gasteiger partial charge in [-0.2, -0.15) is 0 Å². The lowest BCUT2D eigenvalue weighted by Gasteiger charge is -2.12. The number of fused-ring (bicyclic) bond motifs is 1. The van der Waals surface area contributed by atoms with Gasteiger partial charge in [0.15, 0.2) is 0 Å². The standard InChI is InChI=1S/C17H15N5/c18-16(19)14-9-8-13(15(22-14)17(20)21)12-7-3-5-10-4-1-2-6-11(10)12/h1-9H,(H3,18,19)(H3,20,21). The molecule has 5 heteroatoms. The zero-order valence-corrected chi connectivity index (χ0v) is 11.8. The third-order valence-corrected chi connectivity index (χ3v) is 3.51. The first-order valence-corrected chi connectivity index (χ1v) is 6.76. The summed E-state index contributed by atoms with van der Waals surface area (Å²) in [6.45, 7) is 0. The van der Waals surface area contributed by atoms with Crippen molar-refractivity contribution in [2.24, 2.45) is 11.5 Å². The smallest absolute Gasteiger partial charge is 0.142 e. The summed E-state index contributed by atoms with van der Waals surface area (Å²) >= 11 is 0. The van der Waals surface area contributed by atoms with Crippen molar-refractivity contribution in [1.82, 2.24) is 4.98 Å². The summed E-state index contributed by atoms with van der Waals surface area (Å²) in [6.07, 6.45) is 0. The van der Waals surface area contributed by atoms with Crippen LogP contribution in [0.1, 0.15) is 11.4 Å². The number of hydrogen-bond acceptors (Lipinski definition) is 3. The van der Waals surface area contributed by atoms with Crippen LogP contribution >= 0.6 is 0 Å². The van der Waals surface area contributed by atoms with Gasteiger partial charge in [0.25, 0.3) is 0 Å². The molecule has 5 nitrogen and oxygen atoms in total. The fourth-order valence-electron chi connectivity index (χ4n) is 2.49. The van der Waals surface area contributed by atoms with Crippen LogP contribution in [0.3, 0.4) is 0 Å². The Labute approximate surface area is 127 Å². The van der Waals surface area contributed by atoms with Gasteiger partial charge in [-0.25, -0.2) is 4.98 Å². The summed E-state index contributed by atoms with van der Waals surface area (Å²) in [5.74, 6) is -0.294. The molecular formula is C17H15N5. The molecule has 0 saturated heterocycles. The lowest BCUT2D eigenvalue weighted by molar-refractivity contribution is 1.21. The Bertz CT molecular complexity index is 893. The van der Waals surface area contributed by atoms with E-state index in [1.807, 2.05) is 48.5 Å². The molecule has 6 N–H and O–H groups in total. The fourth-order valence-corrected chi connectivity index (χ4v) is 2.49. The molecule has 108 valence electrons. The monoisotopic (exact) mass is 289 g/mol. The van der Waals surface area contributed by atoms with Crippen molar-refractivity contribution >= 4 is 22.4 Å². The number of pyridine rings is 1. The second-order valence-electron chi connectivity index (χ2n) is 4.95. The van der Waals surface area contributed by atoms with Crippen LogP contribution < -0.4 is 11.5 Å². The Morgan fingerprint density at radius 1 is 0.773 bits per heavy atom. The molecule has 2 aromatic carbocycles. The number of nitrogen functional groups attached to an aromatic ring is 2. The third-order valence-electron chi connectivity index (χ3n) is 3.51. The summed E-state index contributed by atoms with van der Waals surface area (Å²) in [5, 5.41) is 17.4. The number of amidine groups is 2. The first-order chi connectivity index (χ1) is 10.6. The van der Waals surface area contributed by atoms with E-state index in [1.54, 1.807) is 6.07 Å². The van der Waals surface area contributed by atoms with Gasteiger partial charge in [0, 0.05) is 5.56 Å². The van der Waals surface area contributed by atoms with Gasteiger partial charge in [0.05, 0.1) is 0 Å². The Morgan fingerprint density at radius 2 is 1.50 bits per heavy atom. The molecule has 0 unspecified atom stereocenters. The SMILES string of the molecule is N=C(N)c1ccc(-c2cccc3ccccc23)c(C(=N)N)n1. The van der Waals surface area contributed by atoms with Crippen molar-refractivity contribution in [3.63, 3.8) is 0 Å². The number of rotatable bonds is 3. The van der Waals surface area contributed by atoms with Crippen molar-refractivity contribution in [2.45, 2.75) is 0 Å². The van der Waals surface area contributed by atoms with Crippen LogP contribution in [0.5, 0.6) is 0 Å². The molecule has 1 heterocycles. The van der Waals surface area contributed by atoms with E-state index in [9.17, 15) is 0 Å². The molecule has 0 atom stereocenters. The quantitative estimate of drug-likeness (QED) is 0.439. The van der Waals surface area contributed by atoms with Crippen LogP contribution in [-0.4, -0.2) is 16.7 Å². The minimum absolute atomic E-state index is 0.146. The summed E-state index contributed by atoms with van der Waals surface area (Å²) in [5.41, 5.74) is 13.5. The zero-order chi connectivity index (χ0) is 15.7. The van der Waals surface area contributed by atoms with Gasteiger partial charge in [-0.15, -0.1) is 0 Å². The van der Waals surface area contributed by atoms with Crippen molar-refractivity contribution in [1.29, 1.82) is 10.8 Å². The molecule has 0 bridgehead atoms. The number of aromatic nitrogens is 1. The van der Waals surface area contributed by atoms with Crippen LogP contribution in [0.4, 0.5) is 0 Å². The van der Waals surface area contributed by atoms with Crippen LogP contribution in [0.25, 0.3) is 21.9 Å². The molecular weight excluding hydrogens is 274 g/mol. The first-order valence-electron chi connectivity index (χ1n) is 6.76. The molecule has 0 saturated carbocycles. The normalized spacial score (nSPS) is 10.5. The number of hydrogen-bond donors (Lipinski definition) is 4. The van der Waals surface area contributed by atoms with Crippen molar-refractivity contribution in [2.75, 3.05) is 0 Å². The van der Waals surface area contributed by atoms with E-state index in [0.717, 1.165) is 21.9 Å². The average Bonchev–Trinajstić information content (AvgIpc) is 2.53. The van der Waals surface area contributed by atoms with Crippen molar-refractivity contribution in [3.05, 3.63) is 66.0 Å². The zero-order valence-electron chi connectivity index (χ0n) is 11.8. The fraction of sp³-hybridized carbons (Fsp3) is 0. The molecule has 0 aliphatic rings. The van der Waals surface area contributed by atoms with Crippen LogP contribution in [-0.2, 0) is 0 Å². The first kappa shape index (κ1) is 13.8. The molecule has 3 rings (SSSR count). The summed E-state index contributed by atoms with van der Waals surface area (Å²) in [7, 11) is 0. The molecule has 0 aliphatic heterocycles. The van der Waals surface area contributed by atoms with Crippen molar-refractivity contribution in [3.8, 4) is 11.1 Å². The molecule has 0 fully saturated rings. The summed E-state index contributed by atoms with van der Waals surface area (Å²) in [6, 6.07) is 17.4. The Morgan fingerprint density at radius 3 is 2.23 bits per heavy atom. The van der Waals surface area contributed by atoms with Crippen LogP contribution in [0.2, 0.25) is 0 Å². The number of nitrogens with one attached hydrogen (secondary N) is 2. The number of benzene rings is 2.